The van der Waals surface area contributed by atoms with Gasteiger partial charge < -0.3 is 10.1 Å². The lowest BCUT2D eigenvalue weighted by molar-refractivity contribution is -0.0612. The van der Waals surface area contributed by atoms with Crippen molar-refractivity contribution >= 4 is 0 Å². The molecule has 0 aliphatic heterocycles. The van der Waals surface area contributed by atoms with Gasteiger partial charge in [0, 0.05) is 7.11 Å². The molecule has 1 rings (SSSR count). The smallest absolute Gasteiger partial charge is 0.0980 e. The summed E-state index contributed by atoms with van der Waals surface area (Å²) in [4.78, 5) is 0. The molecule has 1 N–H and O–H groups in total. The zero-order valence-corrected chi connectivity index (χ0v) is 10.2. The molecule has 1 aliphatic rings. The average molecular weight is 209 g/mol. The molecule has 0 heterocycles. The van der Waals surface area contributed by atoms with Crippen LogP contribution in [0.3, 0.4) is 0 Å². The van der Waals surface area contributed by atoms with Crippen LogP contribution in [-0.4, -0.2) is 25.3 Å². The number of nitrogens with one attached hydrogen (secondary N) is 1. The second kappa shape index (κ2) is 5.53. The monoisotopic (exact) mass is 209 g/mol. The van der Waals surface area contributed by atoms with E-state index in [1.165, 1.54) is 12.8 Å². The second-order valence-electron chi connectivity index (χ2n) is 4.61. The lowest BCUT2D eigenvalue weighted by atomic mass is 9.75. The molecule has 0 bridgehead atoms. The van der Waals surface area contributed by atoms with Gasteiger partial charge >= 0.3 is 0 Å². The van der Waals surface area contributed by atoms with Crippen molar-refractivity contribution < 1.29 is 4.74 Å². The topological polar surface area (TPSA) is 21.3 Å². The van der Waals surface area contributed by atoms with Gasteiger partial charge in [-0.2, -0.15) is 0 Å². The molecule has 0 aromatic heterocycles. The molecule has 2 heteroatoms. The highest BCUT2D eigenvalue weighted by Crippen LogP contribution is 2.36. The molecule has 15 heavy (non-hydrogen) atoms. The average Bonchev–Trinajstić information content (AvgIpc) is 2.28. The van der Waals surface area contributed by atoms with Crippen LogP contribution in [0.15, 0.2) is 0 Å². The molecule has 0 amide bonds. The van der Waals surface area contributed by atoms with Gasteiger partial charge in [-0.1, -0.05) is 19.8 Å². The van der Waals surface area contributed by atoms with E-state index in [0.29, 0.717) is 0 Å². The molecular weight excluding hydrogens is 186 g/mol. The molecule has 86 valence electrons. The summed E-state index contributed by atoms with van der Waals surface area (Å²) in [5, 5.41) is 3.35. The van der Waals surface area contributed by atoms with Crippen LogP contribution in [-0.2, 0) is 4.74 Å². The summed E-state index contributed by atoms with van der Waals surface area (Å²) >= 11 is 0. The van der Waals surface area contributed by atoms with Gasteiger partial charge in [0.1, 0.15) is 0 Å². The first-order chi connectivity index (χ1) is 7.18. The fraction of sp³-hybridized carbons (Fsp3) is 0.846. The van der Waals surface area contributed by atoms with Crippen molar-refractivity contribution in [2.45, 2.75) is 51.2 Å². The van der Waals surface area contributed by atoms with Crippen molar-refractivity contribution in [3.05, 3.63) is 0 Å². The first kappa shape index (κ1) is 12.5. The number of likely N-dealkylation sites (N-methyl/N-ethyl adjacent to an activating group) is 1. The van der Waals surface area contributed by atoms with Gasteiger partial charge in [-0.25, -0.2) is 0 Å². The van der Waals surface area contributed by atoms with E-state index in [1.807, 2.05) is 0 Å². The molecule has 0 radical (unpaired) electrons. The molecule has 1 saturated carbocycles. The quantitative estimate of drug-likeness (QED) is 0.717. The predicted molar refractivity (Wildman–Crippen MR) is 63.7 cm³/mol. The first-order valence-corrected chi connectivity index (χ1v) is 5.93. The molecule has 1 fully saturated rings. The van der Waals surface area contributed by atoms with Crippen LogP contribution in [0.4, 0.5) is 0 Å². The maximum absolute atomic E-state index is 5.73. The van der Waals surface area contributed by atoms with Crippen LogP contribution in [0, 0.1) is 18.3 Å². The van der Waals surface area contributed by atoms with Crippen LogP contribution in [0.1, 0.15) is 39.5 Å². The van der Waals surface area contributed by atoms with Crippen molar-refractivity contribution in [1.82, 2.24) is 5.32 Å². The summed E-state index contributed by atoms with van der Waals surface area (Å²) in [7, 11) is 1.79. The fourth-order valence-electron chi connectivity index (χ4n) is 2.46. The standard InChI is InChI=1S/C13H23NO/c1-5-12(14-6-2)13(15-4)9-7-11(3)8-10-13/h1,11-12,14H,6-10H2,2-4H3. The van der Waals surface area contributed by atoms with Crippen molar-refractivity contribution in [3.8, 4) is 12.3 Å². The van der Waals surface area contributed by atoms with Gasteiger partial charge in [-0.3, -0.25) is 0 Å². The Morgan fingerprint density at radius 2 is 2.13 bits per heavy atom. The fourth-order valence-corrected chi connectivity index (χ4v) is 2.46. The lowest BCUT2D eigenvalue weighted by Crippen LogP contribution is -2.53. The van der Waals surface area contributed by atoms with Crippen molar-refractivity contribution in [2.75, 3.05) is 13.7 Å². The Morgan fingerprint density at radius 3 is 2.53 bits per heavy atom. The number of methoxy groups -OCH3 is 1. The Morgan fingerprint density at radius 1 is 1.53 bits per heavy atom. The van der Waals surface area contributed by atoms with Crippen LogP contribution >= 0.6 is 0 Å². The summed E-state index contributed by atoms with van der Waals surface area (Å²) in [6.07, 6.45) is 10.2. The molecule has 2 nitrogen and oxygen atoms in total. The van der Waals surface area contributed by atoms with E-state index >= 15 is 0 Å². The second-order valence-corrected chi connectivity index (χ2v) is 4.61. The van der Waals surface area contributed by atoms with Gasteiger partial charge in [-0.05, 0) is 38.1 Å². The normalized spacial score (nSPS) is 33.3. The SMILES string of the molecule is C#CC(NCC)C1(OC)CCC(C)CC1. The zero-order chi connectivity index (χ0) is 11.3. The lowest BCUT2D eigenvalue weighted by Gasteiger charge is -2.42. The predicted octanol–water partition coefficient (Wildman–Crippen LogP) is 2.19. The van der Waals surface area contributed by atoms with Gasteiger partial charge in [0.25, 0.3) is 0 Å². The first-order valence-electron chi connectivity index (χ1n) is 5.93. The van der Waals surface area contributed by atoms with E-state index in [4.69, 9.17) is 11.2 Å². The summed E-state index contributed by atoms with van der Waals surface area (Å²) in [6.45, 7) is 5.28. The summed E-state index contributed by atoms with van der Waals surface area (Å²) in [5.41, 5.74) is -0.128. The van der Waals surface area contributed by atoms with E-state index in [9.17, 15) is 0 Å². The molecule has 0 aromatic carbocycles. The number of hydrogen-bond acceptors (Lipinski definition) is 2. The van der Waals surface area contributed by atoms with Gasteiger partial charge in [0.2, 0.25) is 0 Å². The maximum Gasteiger partial charge on any atom is 0.0980 e. The molecule has 1 atom stereocenters. The Hall–Kier alpha value is -0.520. The highest BCUT2D eigenvalue weighted by molar-refractivity contribution is 5.11. The molecule has 0 aromatic rings. The third kappa shape index (κ3) is 2.74. The summed E-state index contributed by atoms with van der Waals surface area (Å²) < 4.78 is 5.73. The highest BCUT2D eigenvalue weighted by atomic mass is 16.5. The van der Waals surface area contributed by atoms with Crippen molar-refractivity contribution in [1.29, 1.82) is 0 Å². The van der Waals surface area contributed by atoms with E-state index in [-0.39, 0.29) is 11.6 Å². The molecule has 1 aliphatic carbocycles. The molecular formula is C13H23NO. The molecule has 1 unspecified atom stereocenters. The number of terminal acetylenes is 1. The maximum atomic E-state index is 5.73. The Bertz CT molecular complexity index is 223. The van der Waals surface area contributed by atoms with Crippen molar-refractivity contribution in [2.24, 2.45) is 5.92 Å². The van der Waals surface area contributed by atoms with Crippen LogP contribution in [0.25, 0.3) is 0 Å². The largest absolute Gasteiger partial charge is 0.376 e. The minimum Gasteiger partial charge on any atom is -0.376 e. The van der Waals surface area contributed by atoms with Gasteiger partial charge in [0.15, 0.2) is 0 Å². The number of hydrogen-bond donors (Lipinski definition) is 1. The van der Waals surface area contributed by atoms with E-state index in [1.54, 1.807) is 7.11 Å². The number of rotatable bonds is 4. The van der Waals surface area contributed by atoms with E-state index < -0.39 is 0 Å². The highest BCUT2D eigenvalue weighted by Gasteiger charge is 2.40. The Balaban J connectivity index is 2.71. The van der Waals surface area contributed by atoms with Crippen LogP contribution < -0.4 is 5.32 Å². The number of ether oxygens (including phenoxy) is 1. The van der Waals surface area contributed by atoms with Gasteiger partial charge in [-0.15, -0.1) is 6.42 Å². The molecule has 0 spiro atoms. The van der Waals surface area contributed by atoms with E-state index in [0.717, 1.165) is 25.3 Å². The summed E-state index contributed by atoms with van der Waals surface area (Å²) in [5.74, 6) is 3.66. The zero-order valence-electron chi connectivity index (χ0n) is 10.2. The minimum absolute atomic E-state index is 0.0556. The van der Waals surface area contributed by atoms with Gasteiger partial charge in [0.05, 0.1) is 11.6 Å². The van der Waals surface area contributed by atoms with Crippen LogP contribution in [0.5, 0.6) is 0 Å². The third-order valence-electron chi connectivity index (χ3n) is 3.63. The summed E-state index contributed by atoms with van der Waals surface area (Å²) in [6, 6.07) is 0.0556. The van der Waals surface area contributed by atoms with E-state index in [2.05, 4.69) is 25.1 Å². The van der Waals surface area contributed by atoms with Crippen molar-refractivity contribution in [3.63, 3.8) is 0 Å². The van der Waals surface area contributed by atoms with Crippen LogP contribution in [0.2, 0.25) is 0 Å². The Kier molecular flexibility index (Phi) is 4.63. The third-order valence-corrected chi connectivity index (χ3v) is 3.63. The molecule has 0 saturated heterocycles. The minimum atomic E-state index is -0.128. The Labute approximate surface area is 93.8 Å².